The molecule has 0 aliphatic heterocycles. The van der Waals surface area contributed by atoms with Gasteiger partial charge in [-0.25, -0.2) is 9.78 Å². The minimum Gasteiger partial charge on any atom is -0.478 e. The molecule has 0 fully saturated rings. The molecule has 1 rings (SSSR count). The third-order valence-corrected chi connectivity index (χ3v) is 2.48. The molecule has 5 nitrogen and oxygen atoms in total. The van der Waals surface area contributed by atoms with Gasteiger partial charge in [-0.15, -0.1) is 0 Å². The monoisotopic (exact) mass is 262 g/mol. The summed E-state index contributed by atoms with van der Waals surface area (Å²) in [6.07, 6.45) is 7.47. The number of nitrogens with one attached hydrogen (secondary N) is 1. The summed E-state index contributed by atoms with van der Waals surface area (Å²) in [5.41, 5.74) is 0.682. The number of amides is 1. The van der Waals surface area contributed by atoms with E-state index in [-0.39, 0.29) is 5.91 Å². The van der Waals surface area contributed by atoms with Crippen LogP contribution < -0.4 is 5.32 Å². The van der Waals surface area contributed by atoms with Crippen molar-refractivity contribution in [1.29, 1.82) is 0 Å². The fraction of sp³-hybridized carbons (Fsp3) is 0.357. The molecular weight excluding hydrogens is 244 g/mol. The minimum atomic E-state index is -1.01. The maximum Gasteiger partial charge on any atom is 0.328 e. The van der Waals surface area contributed by atoms with Crippen molar-refractivity contribution in [3.8, 4) is 0 Å². The fourth-order valence-corrected chi connectivity index (χ4v) is 1.53. The highest BCUT2D eigenvalue weighted by atomic mass is 16.4. The maximum atomic E-state index is 11.6. The molecule has 0 spiro atoms. The van der Waals surface area contributed by atoms with Crippen molar-refractivity contribution in [3.63, 3.8) is 0 Å². The maximum absolute atomic E-state index is 11.6. The van der Waals surface area contributed by atoms with Crippen molar-refractivity contribution >= 4 is 23.8 Å². The Bertz CT molecular complexity index is 470. The van der Waals surface area contributed by atoms with Crippen LogP contribution in [0.1, 0.15) is 38.2 Å². The molecule has 0 aliphatic rings. The van der Waals surface area contributed by atoms with E-state index in [9.17, 15) is 9.59 Å². The number of carboxylic acids is 1. The Balaban J connectivity index is 2.56. The molecule has 0 saturated heterocycles. The number of hydrogen-bond acceptors (Lipinski definition) is 3. The molecule has 102 valence electrons. The molecule has 0 aromatic carbocycles. The normalized spacial score (nSPS) is 10.6. The third-order valence-electron chi connectivity index (χ3n) is 2.48. The van der Waals surface area contributed by atoms with Crippen molar-refractivity contribution in [2.75, 3.05) is 5.32 Å². The number of aliphatic carboxylic acids is 1. The number of aromatic nitrogens is 1. The third kappa shape index (κ3) is 6.35. The van der Waals surface area contributed by atoms with E-state index in [0.29, 0.717) is 17.8 Å². The van der Waals surface area contributed by atoms with E-state index in [4.69, 9.17) is 5.11 Å². The molecular formula is C14H18N2O3. The predicted octanol–water partition coefficient (Wildman–Crippen LogP) is 2.70. The number of pyridine rings is 1. The number of unbranched alkanes of at least 4 members (excludes halogenated alkanes) is 2. The molecule has 0 unspecified atom stereocenters. The van der Waals surface area contributed by atoms with Gasteiger partial charge < -0.3 is 10.4 Å². The lowest BCUT2D eigenvalue weighted by Crippen LogP contribution is -2.12. The zero-order valence-electron chi connectivity index (χ0n) is 10.9. The second-order valence-corrected chi connectivity index (χ2v) is 4.15. The Morgan fingerprint density at radius 3 is 2.89 bits per heavy atom. The Morgan fingerprint density at radius 1 is 1.42 bits per heavy atom. The lowest BCUT2D eigenvalue weighted by molar-refractivity contribution is -0.131. The summed E-state index contributed by atoms with van der Waals surface area (Å²) < 4.78 is 0. The van der Waals surface area contributed by atoms with Gasteiger partial charge in [-0.05, 0) is 30.2 Å². The zero-order chi connectivity index (χ0) is 14.1. The summed E-state index contributed by atoms with van der Waals surface area (Å²) in [5.74, 6) is -0.642. The van der Waals surface area contributed by atoms with Crippen LogP contribution in [0, 0.1) is 0 Å². The molecule has 1 heterocycles. The fourth-order valence-electron chi connectivity index (χ4n) is 1.53. The molecule has 0 saturated carbocycles. The average molecular weight is 262 g/mol. The topological polar surface area (TPSA) is 79.3 Å². The van der Waals surface area contributed by atoms with Crippen LogP contribution in [0.15, 0.2) is 24.4 Å². The van der Waals surface area contributed by atoms with E-state index in [0.717, 1.165) is 25.3 Å². The van der Waals surface area contributed by atoms with Crippen molar-refractivity contribution in [2.24, 2.45) is 0 Å². The highest BCUT2D eigenvalue weighted by Crippen LogP contribution is 2.09. The predicted molar refractivity (Wildman–Crippen MR) is 73.7 cm³/mol. The van der Waals surface area contributed by atoms with Gasteiger partial charge in [0.25, 0.3) is 0 Å². The summed E-state index contributed by atoms with van der Waals surface area (Å²) in [4.78, 5) is 26.0. The van der Waals surface area contributed by atoms with Gasteiger partial charge in [0, 0.05) is 18.7 Å². The lowest BCUT2D eigenvalue weighted by atomic mass is 10.2. The van der Waals surface area contributed by atoms with Gasteiger partial charge in [-0.2, -0.15) is 0 Å². The van der Waals surface area contributed by atoms with Gasteiger partial charge >= 0.3 is 5.97 Å². The van der Waals surface area contributed by atoms with E-state index in [1.54, 1.807) is 12.1 Å². The summed E-state index contributed by atoms with van der Waals surface area (Å²) in [6, 6.07) is 3.31. The first-order valence-corrected chi connectivity index (χ1v) is 6.28. The van der Waals surface area contributed by atoms with Crippen molar-refractivity contribution in [2.45, 2.75) is 32.6 Å². The molecule has 0 bridgehead atoms. The number of nitrogens with zero attached hydrogens (tertiary/aromatic N) is 1. The SMILES string of the molecule is CCCCCC(=O)Nc1cc(/C=C/C(=O)O)ccn1. The minimum absolute atomic E-state index is 0.0692. The summed E-state index contributed by atoms with van der Waals surface area (Å²) in [6.45, 7) is 2.08. The quantitative estimate of drug-likeness (QED) is 0.585. The number of carbonyl (C=O) groups excluding carboxylic acids is 1. The number of anilines is 1. The van der Waals surface area contributed by atoms with Crippen molar-refractivity contribution in [1.82, 2.24) is 4.98 Å². The van der Waals surface area contributed by atoms with Crippen molar-refractivity contribution in [3.05, 3.63) is 30.0 Å². The molecule has 0 radical (unpaired) electrons. The van der Waals surface area contributed by atoms with Gasteiger partial charge in [0.1, 0.15) is 5.82 Å². The average Bonchev–Trinajstić information content (AvgIpc) is 2.37. The number of rotatable bonds is 7. The molecule has 2 N–H and O–H groups in total. The largest absolute Gasteiger partial charge is 0.478 e. The Hall–Kier alpha value is -2.17. The first kappa shape index (κ1) is 14.9. The van der Waals surface area contributed by atoms with Crippen LogP contribution in [-0.4, -0.2) is 22.0 Å². The first-order chi connectivity index (χ1) is 9.11. The highest BCUT2D eigenvalue weighted by molar-refractivity contribution is 5.90. The Kier molecular flexibility index (Phi) is 6.29. The van der Waals surface area contributed by atoms with Gasteiger partial charge in [0.05, 0.1) is 0 Å². The van der Waals surface area contributed by atoms with E-state index in [1.807, 2.05) is 0 Å². The first-order valence-electron chi connectivity index (χ1n) is 6.28. The number of hydrogen-bond donors (Lipinski definition) is 2. The smallest absolute Gasteiger partial charge is 0.328 e. The van der Waals surface area contributed by atoms with E-state index < -0.39 is 5.97 Å². The standard InChI is InChI=1S/C14H18N2O3/c1-2-3-4-5-13(17)16-12-10-11(8-9-15-12)6-7-14(18)19/h6-10H,2-5H2,1H3,(H,18,19)(H,15,16,17)/b7-6+. The Labute approximate surface area is 112 Å². The van der Waals surface area contributed by atoms with Crippen LogP contribution in [0.2, 0.25) is 0 Å². The van der Waals surface area contributed by atoms with Crippen molar-refractivity contribution < 1.29 is 14.7 Å². The van der Waals surface area contributed by atoms with Gasteiger partial charge in [0.15, 0.2) is 0 Å². The lowest BCUT2D eigenvalue weighted by Gasteiger charge is -2.04. The van der Waals surface area contributed by atoms with E-state index >= 15 is 0 Å². The molecule has 0 atom stereocenters. The van der Waals surface area contributed by atoms with Crippen LogP contribution in [-0.2, 0) is 9.59 Å². The second-order valence-electron chi connectivity index (χ2n) is 4.15. The van der Waals surface area contributed by atoms with Gasteiger partial charge in [-0.1, -0.05) is 19.8 Å². The Morgan fingerprint density at radius 2 is 2.21 bits per heavy atom. The van der Waals surface area contributed by atoms with Crippen LogP contribution in [0.3, 0.4) is 0 Å². The zero-order valence-corrected chi connectivity index (χ0v) is 10.9. The highest BCUT2D eigenvalue weighted by Gasteiger charge is 2.03. The number of carbonyl (C=O) groups is 2. The van der Waals surface area contributed by atoms with Crippen LogP contribution in [0.25, 0.3) is 6.08 Å². The van der Waals surface area contributed by atoms with Crippen LogP contribution >= 0.6 is 0 Å². The number of carboxylic acid groups (broad SMARTS) is 1. The summed E-state index contributed by atoms with van der Waals surface area (Å²) in [5, 5.41) is 11.2. The molecule has 1 amide bonds. The van der Waals surface area contributed by atoms with Crippen LogP contribution in [0.4, 0.5) is 5.82 Å². The summed E-state index contributed by atoms with van der Waals surface area (Å²) >= 11 is 0. The van der Waals surface area contributed by atoms with E-state index in [2.05, 4.69) is 17.2 Å². The second kappa shape index (κ2) is 8.02. The molecule has 1 aromatic rings. The van der Waals surface area contributed by atoms with Crippen LogP contribution in [0.5, 0.6) is 0 Å². The summed E-state index contributed by atoms with van der Waals surface area (Å²) in [7, 11) is 0. The van der Waals surface area contributed by atoms with Gasteiger partial charge in [-0.3, -0.25) is 4.79 Å². The molecule has 19 heavy (non-hydrogen) atoms. The molecule has 0 aliphatic carbocycles. The van der Waals surface area contributed by atoms with E-state index in [1.165, 1.54) is 12.3 Å². The molecule has 5 heteroatoms. The molecule has 1 aromatic heterocycles. The van der Waals surface area contributed by atoms with Gasteiger partial charge in [0.2, 0.25) is 5.91 Å².